The van der Waals surface area contributed by atoms with Gasteiger partial charge in [0, 0.05) is 27.6 Å². The van der Waals surface area contributed by atoms with Crippen LogP contribution in [-0.4, -0.2) is 16.6 Å². The maximum Gasteiger partial charge on any atom is 0.0857 e. The Hall–Kier alpha value is -0.780. The van der Waals surface area contributed by atoms with E-state index in [0.29, 0.717) is 6.04 Å². The van der Waals surface area contributed by atoms with Gasteiger partial charge >= 0.3 is 0 Å². The second-order valence-corrected chi connectivity index (χ2v) is 8.04. The standard InChI is InChI=1S/C15H23N3S2/c1-6-10-7-8-11(19-10)9-12(16-5)13-14(15(2,3)4)17-18-20-13/h7-8,12,16H,6,9H2,1-5H3. The Morgan fingerprint density at radius 2 is 1.95 bits per heavy atom. The van der Waals surface area contributed by atoms with Crippen molar-refractivity contribution in [3.05, 3.63) is 32.5 Å². The molecule has 5 heteroatoms. The topological polar surface area (TPSA) is 37.8 Å². The smallest absolute Gasteiger partial charge is 0.0857 e. The molecule has 0 radical (unpaired) electrons. The summed E-state index contributed by atoms with van der Waals surface area (Å²) >= 11 is 3.43. The van der Waals surface area contributed by atoms with Crippen LogP contribution in [0.25, 0.3) is 0 Å². The molecule has 110 valence electrons. The molecule has 0 aliphatic heterocycles. The van der Waals surface area contributed by atoms with Crippen molar-refractivity contribution >= 4 is 22.9 Å². The summed E-state index contributed by atoms with van der Waals surface area (Å²) in [7, 11) is 2.02. The minimum absolute atomic E-state index is 0.0431. The van der Waals surface area contributed by atoms with Gasteiger partial charge in [-0.3, -0.25) is 0 Å². The molecular weight excluding hydrogens is 286 g/mol. The number of nitrogens with one attached hydrogen (secondary N) is 1. The Labute approximate surface area is 129 Å². The largest absolute Gasteiger partial charge is 0.312 e. The van der Waals surface area contributed by atoms with Gasteiger partial charge in [0.05, 0.1) is 10.6 Å². The molecule has 0 aliphatic rings. The van der Waals surface area contributed by atoms with Crippen molar-refractivity contribution in [1.29, 1.82) is 0 Å². The highest BCUT2D eigenvalue weighted by molar-refractivity contribution is 7.12. The SMILES string of the molecule is CCc1ccc(CC(NC)c2snnc2C(C)(C)C)s1. The second kappa shape index (κ2) is 6.33. The lowest BCUT2D eigenvalue weighted by Gasteiger charge is -2.21. The number of thiophene rings is 1. The van der Waals surface area contributed by atoms with Crippen molar-refractivity contribution < 1.29 is 0 Å². The van der Waals surface area contributed by atoms with E-state index in [-0.39, 0.29) is 5.41 Å². The highest BCUT2D eigenvalue weighted by Crippen LogP contribution is 2.33. The lowest BCUT2D eigenvalue weighted by Crippen LogP contribution is -2.22. The van der Waals surface area contributed by atoms with Crippen molar-refractivity contribution in [3.8, 4) is 0 Å². The average Bonchev–Trinajstić information content (AvgIpc) is 3.03. The molecule has 0 aromatic carbocycles. The number of hydrogen-bond acceptors (Lipinski definition) is 5. The van der Waals surface area contributed by atoms with E-state index in [1.54, 1.807) is 0 Å². The summed E-state index contributed by atoms with van der Waals surface area (Å²) in [6, 6.07) is 4.79. The van der Waals surface area contributed by atoms with Crippen molar-refractivity contribution in [2.75, 3.05) is 7.05 Å². The normalized spacial score (nSPS) is 13.7. The van der Waals surface area contributed by atoms with Gasteiger partial charge < -0.3 is 5.32 Å². The fraction of sp³-hybridized carbons (Fsp3) is 0.600. The number of aryl methyl sites for hydroxylation is 1. The molecule has 2 rings (SSSR count). The fourth-order valence-electron chi connectivity index (χ4n) is 2.20. The third-order valence-electron chi connectivity index (χ3n) is 3.36. The Kier molecular flexibility index (Phi) is 4.94. The lowest BCUT2D eigenvalue weighted by atomic mass is 9.89. The molecule has 0 saturated carbocycles. The van der Waals surface area contributed by atoms with Gasteiger partial charge in [0.2, 0.25) is 0 Å². The molecule has 2 aromatic rings. The predicted molar refractivity (Wildman–Crippen MR) is 87.8 cm³/mol. The monoisotopic (exact) mass is 309 g/mol. The summed E-state index contributed by atoms with van der Waals surface area (Å²) in [6.07, 6.45) is 2.12. The molecule has 1 unspecified atom stereocenters. The number of aromatic nitrogens is 2. The van der Waals surface area contributed by atoms with Gasteiger partial charge in [-0.2, -0.15) is 0 Å². The Morgan fingerprint density at radius 3 is 2.50 bits per heavy atom. The summed E-state index contributed by atoms with van der Waals surface area (Å²) in [4.78, 5) is 4.15. The maximum atomic E-state index is 4.35. The van der Waals surface area contributed by atoms with Gasteiger partial charge in [-0.1, -0.05) is 32.2 Å². The van der Waals surface area contributed by atoms with Gasteiger partial charge in [0.1, 0.15) is 0 Å². The highest BCUT2D eigenvalue weighted by atomic mass is 32.1. The van der Waals surface area contributed by atoms with E-state index in [4.69, 9.17) is 0 Å². The van der Waals surface area contributed by atoms with Crippen LogP contribution < -0.4 is 5.32 Å². The van der Waals surface area contributed by atoms with Crippen LogP contribution in [0.5, 0.6) is 0 Å². The molecule has 0 aliphatic carbocycles. The first-order valence-electron chi connectivity index (χ1n) is 7.03. The van der Waals surface area contributed by atoms with Crippen molar-refractivity contribution in [1.82, 2.24) is 14.9 Å². The average molecular weight is 310 g/mol. The predicted octanol–water partition coefficient (Wildman–Crippen LogP) is 3.96. The Balaban J connectivity index is 2.22. The molecule has 0 bridgehead atoms. The van der Waals surface area contributed by atoms with Gasteiger partial charge in [0.25, 0.3) is 0 Å². The molecule has 2 aromatic heterocycles. The van der Waals surface area contributed by atoms with Crippen LogP contribution in [0.2, 0.25) is 0 Å². The van der Waals surface area contributed by atoms with E-state index < -0.39 is 0 Å². The molecular formula is C15H23N3S2. The second-order valence-electron chi connectivity index (χ2n) is 6.00. The van der Waals surface area contributed by atoms with Crippen LogP contribution in [0, 0.1) is 0 Å². The van der Waals surface area contributed by atoms with Crippen molar-refractivity contribution in [2.24, 2.45) is 0 Å². The van der Waals surface area contributed by atoms with E-state index in [2.05, 4.69) is 54.7 Å². The molecule has 0 fully saturated rings. The first-order chi connectivity index (χ1) is 9.45. The lowest BCUT2D eigenvalue weighted by molar-refractivity contribution is 0.532. The third-order valence-corrected chi connectivity index (χ3v) is 5.45. The molecule has 0 amide bonds. The highest BCUT2D eigenvalue weighted by Gasteiger charge is 2.26. The van der Waals surface area contributed by atoms with Crippen LogP contribution in [0.15, 0.2) is 12.1 Å². The van der Waals surface area contributed by atoms with Crippen molar-refractivity contribution in [3.63, 3.8) is 0 Å². The number of rotatable bonds is 5. The molecule has 1 N–H and O–H groups in total. The van der Waals surface area contributed by atoms with Crippen LogP contribution in [0.3, 0.4) is 0 Å². The quantitative estimate of drug-likeness (QED) is 0.908. The van der Waals surface area contributed by atoms with Crippen LogP contribution in [0.1, 0.15) is 54.1 Å². The van der Waals surface area contributed by atoms with E-state index in [0.717, 1.165) is 18.5 Å². The summed E-state index contributed by atoms with van der Waals surface area (Å²) < 4.78 is 4.18. The number of hydrogen-bond donors (Lipinski definition) is 1. The van der Waals surface area contributed by atoms with E-state index in [9.17, 15) is 0 Å². The Morgan fingerprint density at radius 1 is 1.25 bits per heavy atom. The molecule has 0 saturated heterocycles. The molecule has 3 nitrogen and oxygen atoms in total. The molecule has 0 spiro atoms. The van der Waals surface area contributed by atoms with Gasteiger partial charge in [-0.15, -0.1) is 16.4 Å². The van der Waals surface area contributed by atoms with Crippen LogP contribution in [0.4, 0.5) is 0 Å². The summed E-state index contributed by atoms with van der Waals surface area (Å²) in [5.41, 5.74) is 1.16. The summed E-state index contributed by atoms with van der Waals surface area (Å²) in [6.45, 7) is 8.79. The fourth-order valence-corrected chi connectivity index (χ4v) is 4.17. The minimum Gasteiger partial charge on any atom is -0.312 e. The molecule has 1 atom stereocenters. The van der Waals surface area contributed by atoms with Gasteiger partial charge in [-0.05, 0) is 37.1 Å². The summed E-state index contributed by atoms with van der Waals surface area (Å²) in [5, 5.41) is 7.78. The van der Waals surface area contributed by atoms with Crippen LogP contribution >= 0.6 is 22.9 Å². The van der Waals surface area contributed by atoms with E-state index >= 15 is 0 Å². The first-order valence-corrected chi connectivity index (χ1v) is 8.62. The number of likely N-dealkylation sites (N-methyl/N-ethyl adjacent to an activating group) is 1. The summed E-state index contributed by atoms with van der Waals surface area (Å²) in [5.74, 6) is 0. The van der Waals surface area contributed by atoms with Gasteiger partial charge in [0.15, 0.2) is 0 Å². The first kappa shape index (κ1) is 15.6. The molecule has 2 heterocycles. The van der Waals surface area contributed by atoms with Crippen LogP contribution in [-0.2, 0) is 18.3 Å². The minimum atomic E-state index is 0.0431. The van der Waals surface area contributed by atoms with Gasteiger partial charge in [-0.25, -0.2) is 0 Å². The zero-order chi connectivity index (χ0) is 14.8. The zero-order valence-electron chi connectivity index (χ0n) is 12.9. The third kappa shape index (κ3) is 3.45. The van der Waals surface area contributed by atoms with E-state index in [1.807, 2.05) is 18.4 Å². The Bertz CT molecular complexity index is 551. The maximum absolute atomic E-state index is 4.35. The zero-order valence-corrected chi connectivity index (χ0v) is 14.5. The molecule has 20 heavy (non-hydrogen) atoms. The van der Waals surface area contributed by atoms with Crippen molar-refractivity contribution in [2.45, 2.75) is 52.0 Å². The number of nitrogens with zero attached hydrogens (tertiary/aromatic N) is 2. The van der Waals surface area contributed by atoms with E-state index in [1.165, 1.54) is 26.2 Å².